The maximum Gasteiger partial charge on any atom is 0.446 e. The van der Waals surface area contributed by atoms with Crippen LogP contribution in [0.25, 0.3) is 0 Å². The summed E-state index contributed by atoms with van der Waals surface area (Å²) in [5.74, 6) is 0. The second kappa shape index (κ2) is 10.0. The van der Waals surface area contributed by atoms with Crippen LogP contribution in [0.1, 0.15) is 11.1 Å². The lowest BCUT2D eigenvalue weighted by Gasteiger charge is -2.40. The van der Waals surface area contributed by atoms with Gasteiger partial charge in [0.05, 0.1) is 0 Å². The minimum absolute atomic E-state index is 0.671. The molecule has 1 atom stereocenters. The molecule has 27 heavy (non-hydrogen) atoms. The van der Waals surface area contributed by atoms with Gasteiger partial charge in [-0.1, -0.05) is 23.7 Å². The van der Waals surface area contributed by atoms with Gasteiger partial charge in [-0.25, -0.2) is 0 Å². The van der Waals surface area contributed by atoms with E-state index in [1.54, 1.807) is 0 Å². The van der Waals surface area contributed by atoms with Gasteiger partial charge in [-0.2, -0.15) is 26.3 Å². The van der Waals surface area contributed by atoms with E-state index in [-0.39, 0.29) is 0 Å². The van der Waals surface area contributed by atoms with Gasteiger partial charge in [0.25, 0.3) is 0 Å². The molecule has 1 N–H and O–H groups in total. The molecule has 152 valence electrons. The lowest BCUT2D eigenvalue weighted by molar-refractivity contribution is -0.156. The second-order valence-corrected chi connectivity index (χ2v) is 6.14. The highest BCUT2D eigenvalue weighted by atomic mass is 35.5. The lowest BCUT2D eigenvalue weighted by atomic mass is 9.93. The van der Waals surface area contributed by atoms with Crippen LogP contribution in [-0.4, -0.2) is 55.5 Å². The van der Waals surface area contributed by atoms with E-state index in [1.807, 2.05) is 6.07 Å². The first-order valence-corrected chi connectivity index (χ1v) is 8.11. The van der Waals surface area contributed by atoms with Gasteiger partial charge in [-0.3, -0.25) is 14.5 Å². The van der Waals surface area contributed by atoms with Crippen LogP contribution in [0.3, 0.4) is 0 Å². The van der Waals surface area contributed by atoms with Crippen LogP contribution in [0.4, 0.5) is 26.3 Å². The molecule has 11 heteroatoms. The highest BCUT2D eigenvalue weighted by Gasteiger charge is 2.29. The topological polar surface area (TPSA) is 49.4 Å². The van der Waals surface area contributed by atoms with Crippen molar-refractivity contribution in [1.29, 1.82) is 0 Å². The second-order valence-electron chi connectivity index (χ2n) is 5.73. The number of benzene rings is 1. The molecule has 2 heterocycles. The number of alkyl halides is 6. The SMILES string of the molecule is Clc1cccc2c1CN1CCNC[C@H]1C2.O=CC(F)(F)F.O=CC(F)(F)F. The van der Waals surface area contributed by atoms with Crippen LogP contribution in [-0.2, 0) is 22.6 Å². The van der Waals surface area contributed by atoms with Crippen LogP contribution in [0.15, 0.2) is 18.2 Å². The van der Waals surface area contributed by atoms with Crippen molar-refractivity contribution in [2.75, 3.05) is 19.6 Å². The van der Waals surface area contributed by atoms with E-state index in [9.17, 15) is 26.3 Å². The van der Waals surface area contributed by atoms with Crippen molar-refractivity contribution in [2.45, 2.75) is 31.4 Å². The number of aldehydes is 2. The molecule has 3 rings (SSSR count). The van der Waals surface area contributed by atoms with E-state index in [0.29, 0.717) is 6.04 Å². The van der Waals surface area contributed by atoms with Gasteiger partial charge in [-0.05, 0) is 23.6 Å². The maximum absolute atomic E-state index is 10.4. The number of hydrogen-bond donors (Lipinski definition) is 1. The van der Waals surface area contributed by atoms with Crippen molar-refractivity contribution in [3.8, 4) is 0 Å². The summed E-state index contributed by atoms with van der Waals surface area (Å²) in [7, 11) is 0. The van der Waals surface area contributed by atoms with E-state index < -0.39 is 24.9 Å². The summed E-state index contributed by atoms with van der Waals surface area (Å²) in [4.78, 5) is 19.9. The predicted octanol–water partition coefficient (Wildman–Crippen LogP) is 3.17. The molecular weight excluding hydrogens is 402 g/mol. The number of fused-ring (bicyclic) bond motifs is 2. The van der Waals surface area contributed by atoms with Crippen LogP contribution >= 0.6 is 11.6 Å². The Bertz CT molecular complexity index is 618. The summed E-state index contributed by atoms with van der Waals surface area (Å²) in [6.07, 6.45) is -10.3. The largest absolute Gasteiger partial charge is 0.446 e. The quantitative estimate of drug-likeness (QED) is 0.519. The van der Waals surface area contributed by atoms with E-state index in [1.165, 1.54) is 11.1 Å². The molecule has 4 nitrogen and oxygen atoms in total. The molecule has 2 aliphatic heterocycles. The van der Waals surface area contributed by atoms with Crippen molar-refractivity contribution in [1.82, 2.24) is 10.2 Å². The molecule has 2 aliphatic rings. The van der Waals surface area contributed by atoms with Crippen molar-refractivity contribution in [3.63, 3.8) is 0 Å². The van der Waals surface area contributed by atoms with Gasteiger partial charge in [0.15, 0.2) is 0 Å². The Balaban J connectivity index is 0.000000256. The van der Waals surface area contributed by atoms with Gasteiger partial charge in [-0.15, -0.1) is 0 Å². The number of piperazine rings is 1. The third-order valence-corrected chi connectivity index (χ3v) is 4.13. The minimum Gasteiger partial charge on any atom is -0.314 e. The smallest absolute Gasteiger partial charge is 0.314 e. The first kappa shape index (κ1) is 23.4. The third kappa shape index (κ3) is 8.72. The summed E-state index contributed by atoms with van der Waals surface area (Å²) < 4.78 is 62.5. The van der Waals surface area contributed by atoms with Crippen LogP contribution in [0, 0.1) is 0 Å². The average molecular weight is 419 g/mol. The van der Waals surface area contributed by atoms with Gasteiger partial charge in [0.2, 0.25) is 12.6 Å². The Kier molecular flexibility index (Phi) is 8.70. The number of halogens is 7. The Morgan fingerprint density at radius 1 is 1.07 bits per heavy atom. The molecule has 0 spiro atoms. The number of hydrogen-bond acceptors (Lipinski definition) is 4. The fraction of sp³-hybridized carbons (Fsp3) is 0.500. The lowest BCUT2D eigenvalue weighted by Crippen LogP contribution is -2.53. The Labute approximate surface area is 156 Å². The van der Waals surface area contributed by atoms with Crippen LogP contribution in [0.2, 0.25) is 5.02 Å². The summed E-state index contributed by atoms with van der Waals surface area (Å²) >= 11 is 6.23. The van der Waals surface area contributed by atoms with Crippen LogP contribution < -0.4 is 5.32 Å². The Morgan fingerprint density at radius 3 is 2.15 bits per heavy atom. The molecule has 1 saturated heterocycles. The highest BCUT2D eigenvalue weighted by molar-refractivity contribution is 6.31. The molecule has 0 aromatic heterocycles. The molecule has 0 amide bonds. The van der Waals surface area contributed by atoms with Crippen molar-refractivity contribution in [2.24, 2.45) is 0 Å². The fourth-order valence-corrected chi connectivity index (χ4v) is 2.89. The molecule has 0 aliphatic carbocycles. The number of rotatable bonds is 0. The molecule has 0 bridgehead atoms. The van der Waals surface area contributed by atoms with Crippen molar-refractivity contribution >= 4 is 24.2 Å². The van der Waals surface area contributed by atoms with Crippen LogP contribution in [0.5, 0.6) is 0 Å². The monoisotopic (exact) mass is 418 g/mol. The fourth-order valence-electron chi connectivity index (χ4n) is 2.64. The zero-order valence-electron chi connectivity index (χ0n) is 13.9. The minimum atomic E-state index is -4.64. The van der Waals surface area contributed by atoms with Gasteiger partial charge < -0.3 is 5.32 Å². The molecule has 1 aromatic rings. The predicted molar refractivity (Wildman–Crippen MR) is 86.5 cm³/mol. The molecule has 1 fully saturated rings. The summed E-state index contributed by atoms with van der Waals surface area (Å²) in [6, 6.07) is 6.95. The number of nitrogens with zero attached hydrogens (tertiary/aromatic N) is 1. The zero-order chi connectivity index (χ0) is 20.7. The third-order valence-electron chi connectivity index (χ3n) is 3.77. The maximum atomic E-state index is 10.4. The number of carbonyl (C=O) groups is 2. The molecule has 0 saturated carbocycles. The Hall–Kier alpha value is -1.65. The summed E-state index contributed by atoms with van der Waals surface area (Å²) in [5, 5.41) is 4.39. The summed E-state index contributed by atoms with van der Waals surface area (Å²) in [6.45, 7) is 4.40. The normalized spacial score (nSPS) is 19.3. The number of carbonyl (C=O) groups excluding carboxylic acids is 2. The molecule has 0 unspecified atom stereocenters. The van der Waals surface area contributed by atoms with E-state index >= 15 is 0 Å². The highest BCUT2D eigenvalue weighted by Crippen LogP contribution is 2.29. The van der Waals surface area contributed by atoms with Gasteiger partial charge in [0.1, 0.15) is 0 Å². The molecule has 1 aromatic carbocycles. The Morgan fingerprint density at radius 2 is 1.63 bits per heavy atom. The first-order valence-electron chi connectivity index (χ1n) is 7.74. The first-order chi connectivity index (χ1) is 12.5. The number of nitrogens with one attached hydrogen (secondary N) is 1. The van der Waals surface area contributed by atoms with Gasteiger partial charge >= 0.3 is 12.4 Å². The average Bonchev–Trinajstić information content (AvgIpc) is 2.60. The molecule has 0 radical (unpaired) electrons. The zero-order valence-corrected chi connectivity index (χ0v) is 14.7. The van der Waals surface area contributed by atoms with Crippen molar-refractivity contribution in [3.05, 3.63) is 34.3 Å². The van der Waals surface area contributed by atoms with Gasteiger partial charge in [0, 0.05) is 37.2 Å². The standard InChI is InChI=1S/C12H15ClN2.2C2HF3O/c13-12-3-1-2-9-6-10-7-14-4-5-15(10)8-11(9)12;2*3-2(4,5)1-6/h1-3,10,14H,4-8H2;2*1H/t10-;;/m1../s1. The van der Waals surface area contributed by atoms with Crippen molar-refractivity contribution < 1.29 is 35.9 Å². The molecular formula is C16H17ClF6N2O2. The van der Waals surface area contributed by atoms with E-state index in [2.05, 4.69) is 22.3 Å². The van der Waals surface area contributed by atoms with E-state index in [4.69, 9.17) is 21.2 Å². The van der Waals surface area contributed by atoms with E-state index in [0.717, 1.165) is 37.6 Å². The summed E-state index contributed by atoms with van der Waals surface area (Å²) in [5.41, 5.74) is 2.78.